The monoisotopic (exact) mass is 823 g/mol. The molecule has 0 atom stereocenters. The van der Waals surface area contributed by atoms with Gasteiger partial charge in [-0.2, -0.15) is 0 Å². The first-order valence-electron chi connectivity index (χ1n) is 21.1. The summed E-state index contributed by atoms with van der Waals surface area (Å²) in [6.45, 7) is 0. The molecule has 0 spiro atoms. The van der Waals surface area contributed by atoms with Gasteiger partial charge in [0.25, 0.3) is 0 Å². The van der Waals surface area contributed by atoms with Crippen molar-refractivity contribution in [3.8, 4) is 62.1 Å². The van der Waals surface area contributed by atoms with Crippen molar-refractivity contribution in [2.24, 2.45) is 0 Å². The molecule has 1 aliphatic heterocycles. The Morgan fingerprint density at radius 3 is 1.56 bits per heavy atom. The maximum atomic E-state index is 5.05. The third-order valence-corrected chi connectivity index (χ3v) is 12.9. The predicted octanol–water partition coefficient (Wildman–Crippen LogP) is 15.2. The molecule has 63 heavy (non-hydrogen) atoms. The van der Waals surface area contributed by atoms with Crippen LogP contribution in [0.3, 0.4) is 0 Å². The minimum atomic E-state index is 0.625. The van der Waals surface area contributed by atoms with E-state index >= 15 is 0 Å². The molecule has 0 bridgehead atoms. The van der Waals surface area contributed by atoms with Gasteiger partial charge in [0.2, 0.25) is 0 Å². The van der Waals surface area contributed by atoms with Gasteiger partial charge >= 0.3 is 0 Å². The summed E-state index contributed by atoms with van der Waals surface area (Å²) >= 11 is 1.84. The lowest BCUT2D eigenvalue weighted by atomic mass is 9.98. The van der Waals surface area contributed by atoms with Crippen LogP contribution in [0.5, 0.6) is 0 Å². The van der Waals surface area contributed by atoms with E-state index in [1.54, 1.807) is 0 Å². The molecule has 5 nitrogen and oxygen atoms in total. The Labute approximate surface area is 369 Å². The van der Waals surface area contributed by atoms with Crippen molar-refractivity contribution in [1.29, 1.82) is 0 Å². The lowest BCUT2D eigenvalue weighted by Gasteiger charge is -2.33. The highest BCUT2D eigenvalue weighted by Crippen LogP contribution is 2.52. The van der Waals surface area contributed by atoms with Crippen molar-refractivity contribution in [3.05, 3.63) is 224 Å². The number of rotatable bonds is 7. The quantitative estimate of drug-likeness (QED) is 0.160. The second-order valence-electron chi connectivity index (χ2n) is 15.7. The van der Waals surface area contributed by atoms with Gasteiger partial charge in [-0.3, -0.25) is 0 Å². The Morgan fingerprint density at radius 2 is 0.810 bits per heavy atom. The lowest BCUT2D eigenvalue weighted by molar-refractivity contribution is 1.07. The number of hydrogen-bond acceptors (Lipinski definition) is 5. The van der Waals surface area contributed by atoms with E-state index < -0.39 is 0 Å². The van der Waals surface area contributed by atoms with E-state index in [-0.39, 0.29) is 0 Å². The van der Waals surface area contributed by atoms with Gasteiger partial charge in [-0.25, -0.2) is 15.0 Å². The Balaban J connectivity index is 0.945. The standard InChI is InChI=1S/C57H37N5S/c1-4-16-38(17-5-1)55-58-56(39-18-6-2-7-19-39)60-57(59-55)44-22-15-25-46(35-44)62-49-27-11-10-26-47(49)48-32-30-42(36-52(48)62)40-20-14-21-41(34-40)43-31-33-51-54(37-43)63-53-29-13-12-28-50(53)61(51)45-23-8-3-9-24-45/h1-37H. The molecule has 9 aromatic carbocycles. The number of nitrogens with zero attached hydrogens (tertiary/aromatic N) is 5. The van der Waals surface area contributed by atoms with Gasteiger partial charge in [0.1, 0.15) is 0 Å². The molecule has 296 valence electrons. The first kappa shape index (κ1) is 36.8. The first-order valence-corrected chi connectivity index (χ1v) is 21.9. The van der Waals surface area contributed by atoms with Crippen LogP contribution in [0.15, 0.2) is 234 Å². The molecule has 0 saturated heterocycles. The van der Waals surface area contributed by atoms with Crippen LogP contribution in [0.25, 0.3) is 83.9 Å². The van der Waals surface area contributed by atoms with Crippen LogP contribution in [-0.2, 0) is 0 Å². The molecule has 0 radical (unpaired) electrons. The minimum absolute atomic E-state index is 0.625. The molecule has 11 aromatic rings. The highest BCUT2D eigenvalue weighted by molar-refractivity contribution is 7.99. The second kappa shape index (κ2) is 15.4. The maximum absolute atomic E-state index is 5.05. The van der Waals surface area contributed by atoms with Crippen LogP contribution in [0, 0.1) is 0 Å². The first-order chi connectivity index (χ1) is 31.2. The Kier molecular flexibility index (Phi) is 9.01. The molecule has 1 aliphatic rings. The summed E-state index contributed by atoms with van der Waals surface area (Å²) < 4.78 is 2.37. The molecule has 2 aromatic heterocycles. The summed E-state index contributed by atoms with van der Waals surface area (Å²) in [6, 6.07) is 79.4. The van der Waals surface area contributed by atoms with Gasteiger partial charge in [-0.05, 0) is 89.0 Å². The molecule has 6 heteroatoms. The molecule has 0 aliphatic carbocycles. The van der Waals surface area contributed by atoms with E-state index in [1.165, 1.54) is 43.1 Å². The fraction of sp³-hybridized carbons (Fsp3) is 0. The Bertz CT molecular complexity index is 3430. The fourth-order valence-corrected chi connectivity index (χ4v) is 9.92. The highest BCUT2D eigenvalue weighted by atomic mass is 32.2. The molecule has 0 unspecified atom stereocenters. The SMILES string of the molecule is c1ccc(-c2nc(-c3ccccc3)nc(-c3cccc(-n4c5ccccc5c5ccc(-c6cccc(-c7ccc8c(c7)Sc7ccccc7N8c7ccccc7)c6)cc54)c3)n2)cc1. The normalized spacial score (nSPS) is 12.0. The molecule has 3 heterocycles. The van der Waals surface area contributed by atoms with Crippen LogP contribution in [-0.4, -0.2) is 19.5 Å². The van der Waals surface area contributed by atoms with Crippen LogP contribution in [0.1, 0.15) is 0 Å². The summed E-state index contributed by atoms with van der Waals surface area (Å²) in [4.78, 5) is 19.9. The molecular weight excluding hydrogens is 787 g/mol. The lowest BCUT2D eigenvalue weighted by Crippen LogP contribution is -2.14. The fourth-order valence-electron chi connectivity index (χ4n) is 8.82. The molecule has 0 N–H and O–H groups in total. The van der Waals surface area contributed by atoms with Crippen molar-refractivity contribution in [1.82, 2.24) is 19.5 Å². The number of aromatic nitrogens is 4. The van der Waals surface area contributed by atoms with Crippen molar-refractivity contribution < 1.29 is 0 Å². The summed E-state index contributed by atoms with van der Waals surface area (Å²) in [7, 11) is 0. The Hall–Kier alpha value is -8.06. The van der Waals surface area contributed by atoms with Gasteiger partial charge in [-0.1, -0.05) is 169 Å². The second-order valence-corrected chi connectivity index (χ2v) is 16.8. The average molecular weight is 824 g/mol. The van der Waals surface area contributed by atoms with Gasteiger partial charge < -0.3 is 9.47 Å². The maximum Gasteiger partial charge on any atom is 0.164 e. The minimum Gasteiger partial charge on any atom is -0.309 e. The molecule has 0 fully saturated rings. The van der Waals surface area contributed by atoms with Gasteiger partial charge in [0, 0.05) is 48.6 Å². The van der Waals surface area contributed by atoms with Crippen LogP contribution in [0.4, 0.5) is 17.1 Å². The van der Waals surface area contributed by atoms with Crippen LogP contribution >= 0.6 is 11.8 Å². The van der Waals surface area contributed by atoms with Crippen molar-refractivity contribution in [2.45, 2.75) is 9.79 Å². The number of para-hydroxylation sites is 3. The summed E-state index contributed by atoms with van der Waals surface area (Å²) in [5.74, 6) is 1.91. The zero-order valence-corrected chi connectivity index (χ0v) is 34.8. The molecule has 0 saturated carbocycles. The van der Waals surface area contributed by atoms with E-state index in [2.05, 4.69) is 173 Å². The van der Waals surface area contributed by atoms with E-state index in [0.29, 0.717) is 17.5 Å². The third kappa shape index (κ3) is 6.65. The van der Waals surface area contributed by atoms with Crippen molar-refractivity contribution in [3.63, 3.8) is 0 Å². The van der Waals surface area contributed by atoms with Crippen LogP contribution < -0.4 is 4.90 Å². The summed E-state index contributed by atoms with van der Waals surface area (Å²) in [6.07, 6.45) is 0. The zero-order chi connectivity index (χ0) is 41.7. The Morgan fingerprint density at radius 1 is 0.302 bits per heavy atom. The van der Waals surface area contributed by atoms with E-state index in [0.717, 1.165) is 50.2 Å². The number of hydrogen-bond donors (Lipinski definition) is 0. The van der Waals surface area contributed by atoms with Crippen molar-refractivity contribution >= 4 is 50.6 Å². The predicted molar refractivity (Wildman–Crippen MR) is 260 cm³/mol. The topological polar surface area (TPSA) is 46.8 Å². The number of benzene rings is 9. The average Bonchev–Trinajstić information content (AvgIpc) is 3.70. The largest absolute Gasteiger partial charge is 0.309 e. The van der Waals surface area contributed by atoms with Gasteiger partial charge in [0.05, 0.1) is 22.4 Å². The van der Waals surface area contributed by atoms with Crippen LogP contribution in [0.2, 0.25) is 0 Å². The van der Waals surface area contributed by atoms with Gasteiger partial charge in [-0.15, -0.1) is 0 Å². The number of fused-ring (bicyclic) bond motifs is 5. The molecule has 0 amide bonds. The number of anilines is 3. The smallest absolute Gasteiger partial charge is 0.164 e. The van der Waals surface area contributed by atoms with Gasteiger partial charge in [0.15, 0.2) is 17.5 Å². The van der Waals surface area contributed by atoms with E-state index in [9.17, 15) is 0 Å². The zero-order valence-electron chi connectivity index (χ0n) is 34.0. The molecular formula is C57H37N5S. The van der Waals surface area contributed by atoms with E-state index in [1.807, 2.05) is 72.4 Å². The summed E-state index contributed by atoms with van der Waals surface area (Å²) in [5.41, 5.74) is 14.3. The third-order valence-electron chi connectivity index (χ3n) is 11.8. The van der Waals surface area contributed by atoms with E-state index in [4.69, 9.17) is 15.0 Å². The summed E-state index contributed by atoms with van der Waals surface area (Å²) in [5, 5.41) is 2.40. The van der Waals surface area contributed by atoms with Crippen molar-refractivity contribution in [2.75, 3.05) is 4.90 Å². The highest BCUT2D eigenvalue weighted by Gasteiger charge is 2.25. The molecule has 12 rings (SSSR count).